The number of ether oxygens (including phenoxy) is 1. The first-order valence-electron chi connectivity index (χ1n) is 11.0. The SMILES string of the molecule is CCN(CC)c1ccc(CNC(=NC)NC2CCN(c3ccccc3OC(F)F)C2)cn1. The van der Waals surface area contributed by atoms with Crippen molar-refractivity contribution in [3.05, 3.63) is 48.2 Å². The van der Waals surface area contributed by atoms with Crippen LogP contribution < -0.4 is 25.2 Å². The fourth-order valence-electron chi connectivity index (χ4n) is 3.84. The molecule has 7 nitrogen and oxygen atoms in total. The van der Waals surface area contributed by atoms with E-state index in [-0.39, 0.29) is 11.8 Å². The van der Waals surface area contributed by atoms with Gasteiger partial charge in [0.05, 0.1) is 5.69 Å². The molecule has 9 heteroatoms. The number of aliphatic imine (C=N–C) groups is 1. The molecule has 2 N–H and O–H groups in total. The zero-order valence-electron chi connectivity index (χ0n) is 18.9. The zero-order chi connectivity index (χ0) is 22.9. The Morgan fingerprint density at radius 2 is 2.03 bits per heavy atom. The normalized spacial score (nSPS) is 16.4. The average Bonchev–Trinajstić information content (AvgIpc) is 3.26. The van der Waals surface area contributed by atoms with Crippen LogP contribution in [0.2, 0.25) is 0 Å². The number of hydrogen-bond acceptors (Lipinski definition) is 5. The van der Waals surface area contributed by atoms with Crippen LogP contribution in [0.3, 0.4) is 0 Å². The van der Waals surface area contributed by atoms with Crippen molar-refractivity contribution < 1.29 is 13.5 Å². The summed E-state index contributed by atoms with van der Waals surface area (Å²) < 4.78 is 30.1. The van der Waals surface area contributed by atoms with Gasteiger partial charge in [-0.25, -0.2) is 4.98 Å². The Hall–Kier alpha value is -3.10. The largest absolute Gasteiger partial charge is 0.433 e. The lowest BCUT2D eigenvalue weighted by molar-refractivity contribution is -0.0495. The number of pyridine rings is 1. The molecular weight excluding hydrogens is 414 g/mol. The van der Waals surface area contributed by atoms with Crippen LogP contribution >= 0.6 is 0 Å². The molecule has 1 atom stereocenters. The smallest absolute Gasteiger partial charge is 0.387 e. The van der Waals surface area contributed by atoms with E-state index in [2.05, 4.69) is 55.1 Å². The van der Waals surface area contributed by atoms with Crippen molar-refractivity contribution >= 4 is 17.5 Å². The Morgan fingerprint density at radius 3 is 2.69 bits per heavy atom. The van der Waals surface area contributed by atoms with Gasteiger partial charge in [-0.05, 0) is 44.0 Å². The molecule has 1 fully saturated rings. The number of nitrogens with zero attached hydrogens (tertiary/aromatic N) is 4. The topological polar surface area (TPSA) is 65.0 Å². The molecule has 0 saturated carbocycles. The maximum Gasteiger partial charge on any atom is 0.387 e. The van der Waals surface area contributed by atoms with Crippen molar-refractivity contribution in [2.75, 3.05) is 43.0 Å². The second kappa shape index (κ2) is 11.5. The fourth-order valence-corrected chi connectivity index (χ4v) is 3.84. The van der Waals surface area contributed by atoms with Crippen LogP contribution in [0, 0.1) is 0 Å². The van der Waals surface area contributed by atoms with Gasteiger partial charge in [-0.3, -0.25) is 4.99 Å². The van der Waals surface area contributed by atoms with E-state index in [4.69, 9.17) is 0 Å². The van der Waals surface area contributed by atoms with Gasteiger partial charge in [0, 0.05) is 52.0 Å². The van der Waals surface area contributed by atoms with Gasteiger partial charge in [-0.2, -0.15) is 8.78 Å². The van der Waals surface area contributed by atoms with E-state index < -0.39 is 6.61 Å². The Bertz CT molecular complexity index is 873. The van der Waals surface area contributed by atoms with E-state index in [1.54, 1.807) is 19.2 Å². The molecule has 0 radical (unpaired) electrons. The second-order valence-electron chi connectivity index (χ2n) is 7.54. The summed E-state index contributed by atoms with van der Waals surface area (Å²) in [5.74, 6) is 1.87. The number of anilines is 2. The van der Waals surface area contributed by atoms with Crippen LogP contribution in [0.1, 0.15) is 25.8 Å². The number of rotatable bonds is 9. The third-order valence-corrected chi connectivity index (χ3v) is 5.53. The van der Waals surface area contributed by atoms with Crippen LogP contribution in [0.15, 0.2) is 47.6 Å². The highest BCUT2D eigenvalue weighted by molar-refractivity contribution is 5.80. The van der Waals surface area contributed by atoms with Gasteiger partial charge in [-0.15, -0.1) is 0 Å². The van der Waals surface area contributed by atoms with Gasteiger partial charge in [0.15, 0.2) is 5.96 Å². The van der Waals surface area contributed by atoms with Crippen molar-refractivity contribution in [2.45, 2.75) is 39.5 Å². The Morgan fingerprint density at radius 1 is 1.25 bits per heavy atom. The molecule has 2 aromatic rings. The van der Waals surface area contributed by atoms with E-state index in [0.717, 1.165) is 37.4 Å². The summed E-state index contributed by atoms with van der Waals surface area (Å²) in [5.41, 5.74) is 1.74. The molecule has 174 valence electrons. The number of hydrogen-bond donors (Lipinski definition) is 2. The fraction of sp³-hybridized carbons (Fsp3) is 0.478. The number of guanidine groups is 1. The van der Waals surface area contributed by atoms with Crippen LogP contribution in [-0.2, 0) is 6.54 Å². The summed E-state index contributed by atoms with van der Waals surface area (Å²) >= 11 is 0. The molecule has 1 saturated heterocycles. The van der Waals surface area contributed by atoms with Crippen LogP contribution in [0.5, 0.6) is 5.75 Å². The number of alkyl halides is 2. The van der Waals surface area contributed by atoms with Gasteiger partial charge < -0.3 is 25.2 Å². The second-order valence-corrected chi connectivity index (χ2v) is 7.54. The summed E-state index contributed by atoms with van der Waals surface area (Å²) in [6, 6.07) is 11.1. The van der Waals surface area contributed by atoms with E-state index in [9.17, 15) is 8.78 Å². The van der Waals surface area contributed by atoms with Crippen LogP contribution in [-0.4, -0.2) is 56.8 Å². The lowest BCUT2D eigenvalue weighted by Gasteiger charge is -2.22. The molecule has 32 heavy (non-hydrogen) atoms. The third kappa shape index (κ3) is 6.21. The van der Waals surface area contributed by atoms with Gasteiger partial charge in [-0.1, -0.05) is 18.2 Å². The van der Waals surface area contributed by atoms with Crippen molar-refractivity contribution in [1.82, 2.24) is 15.6 Å². The van der Waals surface area contributed by atoms with Gasteiger partial charge >= 0.3 is 6.61 Å². The molecule has 0 spiro atoms. The predicted molar refractivity (Wildman–Crippen MR) is 125 cm³/mol. The van der Waals surface area contributed by atoms with E-state index in [1.165, 1.54) is 0 Å². The van der Waals surface area contributed by atoms with Crippen LogP contribution in [0.25, 0.3) is 0 Å². The number of benzene rings is 1. The molecule has 1 aliphatic rings. The predicted octanol–water partition coefficient (Wildman–Crippen LogP) is 3.47. The van der Waals surface area contributed by atoms with E-state index >= 15 is 0 Å². The van der Waals surface area contributed by atoms with Gasteiger partial charge in [0.1, 0.15) is 11.6 Å². The standard InChI is InChI=1S/C23H32F2N6O/c1-4-30(5-2)21-11-10-17(14-27-21)15-28-23(26-3)29-18-12-13-31(16-18)19-8-6-7-9-20(19)32-22(24)25/h6-11,14,18,22H,4-5,12-13,15-16H2,1-3H3,(H2,26,28,29). The van der Waals surface area contributed by atoms with Crippen molar-refractivity contribution in [1.29, 1.82) is 0 Å². The molecule has 1 aromatic heterocycles. The van der Waals surface area contributed by atoms with Gasteiger partial charge in [0.2, 0.25) is 0 Å². The van der Waals surface area contributed by atoms with Crippen LogP contribution in [0.4, 0.5) is 20.3 Å². The summed E-state index contributed by atoms with van der Waals surface area (Å²) in [7, 11) is 1.73. The summed E-state index contributed by atoms with van der Waals surface area (Å²) in [6.45, 7) is 5.26. The summed E-state index contributed by atoms with van der Waals surface area (Å²) in [5, 5.41) is 6.75. The molecule has 0 bridgehead atoms. The third-order valence-electron chi connectivity index (χ3n) is 5.53. The van der Waals surface area contributed by atoms with E-state index in [1.807, 2.05) is 24.4 Å². The molecule has 3 rings (SSSR count). The number of halogens is 2. The molecule has 0 aliphatic carbocycles. The monoisotopic (exact) mass is 446 g/mol. The van der Waals surface area contributed by atoms with Crippen molar-refractivity contribution in [2.24, 2.45) is 4.99 Å². The summed E-state index contributed by atoms with van der Waals surface area (Å²) in [6.07, 6.45) is 2.75. The minimum absolute atomic E-state index is 0.143. The number of nitrogens with one attached hydrogen (secondary N) is 2. The Balaban J connectivity index is 1.53. The molecule has 1 aromatic carbocycles. The highest BCUT2D eigenvalue weighted by atomic mass is 19.3. The van der Waals surface area contributed by atoms with Gasteiger partial charge in [0.25, 0.3) is 0 Å². The molecule has 2 heterocycles. The molecule has 0 amide bonds. The number of aromatic nitrogens is 1. The maximum atomic E-state index is 12.7. The van der Waals surface area contributed by atoms with Crippen molar-refractivity contribution in [3.63, 3.8) is 0 Å². The highest BCUT2D eigenvalue weighted by Crippen LogP contribution is 2.31. The highest BCUT2D eigenvalue weighted by Gasteiger charge is 2.26. The molecular formula is C23H32F2N6O. The lowest BCUT2D eigenvalue weighted by Crippen LogP contribution is -2.44. The Kier molecular flexibility index (Phi) is 8.47. The molecule has 1 unspecified atom stereocenters. The minimum Gasteiger partial charge on any atom is -0.433 e. The Labute approximate surface area is 188 Å². The minimum atomic E-state index is -2.84. The quantitative estimate of drug-likeness (QED) is 0.454. The summed E-state index contributed by atoms with van der Waals surface area (Å²) in [4.78, 5) is 13.1. The zero-order valence-corrected chi connectivity index (χ0v) is 18.9. The first-order valence-corrected chi connectivity index (χ1v) is 11.0. The first-order chi connectivity index (χ1) is 15.5. The van der Waals surface area contributed by atoms with E-state index in [0.29, 0.717) is 24.7 Å². The van der Waals surface area contributed by atoms with Crippen molar-refractivity contribution in [3.8, 4) is 5.75 Å². The number of para-hydroxylation sites is 2. The first kappa shape index (κ1) is 23.6. The lowest BCUT2D eigenvalue weighted by atomic mass is 10.2. The molecule has 1 aliphatic heterocycles. The average molecular weight is 447 g/mol. The maximum absolute atomic E-state index is 12.7.